The summed E-state index contributed by atoms with van der Waals surface area (Å²) >= 11 is 9.04. The normalized spacial score (nSPS) is 35.7. The summed E-state index contributed by atoms with van der Waals surface area (Å²) in [5.41, 5.74) is 0. The number of hydrogen-bond acceptors (Lipinski definition) is 4. The Kier molecular flexibility index (Phi) is 5.05. The Morgan fingerprint density at radius 3 is 2.13 bits per heavy atom. The molecule has 0 N–H and O–H groups in total. The molecule has 0 aliphatic carbocycles. The van der Waals surface area contributed by atoms with Gasteiger partial charge in [-0.05, 0) is 0 Å². The van der Waals surface area contributed by atoms with Crippen LogP contribution in [0.4, 0.5) is 0 Å². The van der Waals surface area contributed by atoms with Gasteiger partial charge in [-0.3, -0.25) is 0 Å². The molecule has 2 atom stereocenters. The van der Waals surface area contributed by atoms with Crippen LogP contribution in [0.25, 0.3) is 0 Å². The van der Waals surface area contributed by atoms with Crippen LogP contribution < -0.4 is 0 Å². The van der Waals surface area contributed by atoms with Crippen molar-refractivity contribution in [1.29, 1.82) is 0 Å². The summed E-state index contributed by atoms with van der Waals surface area (Å²) < 4.78 is 8.71. The molecule has 0 aromatic carbocycles. The van der Waals surface area contributed by atoms with Crippen LogP contribution in [0.15, 0.2) is 19.3 Å². The van der Waals surface area contributed by atoms with Crippen molar-refractivity contribution in [3.8, 4) is 0 Å². The maximum atomic E-state index is 2.26. The molecule has 6 heteroatoms. The van der Waals surface area contributed by atoms with Gasteiger partial charge in [0.2, 0.25) is 0 Å². The maximum absolute atomic E-state index is 2.26. The minimum atomic E-state index is 0.325. The first-order valence-electron chi connectivity index (χ1n) is 4.72. The molecule has 0 spiro atoms. The molecule has 3 heterocycles. The van der Waals surface area contributed by atoms with Crippen molar-refractivity contribution in [2.24, 2.45) is 0 Å². The number of hydrogen-bond donors (Lipinski definition) is 0. The van der Waals surface area contributed by atoms with E-state index in [1.165, 1.54) is 0 Å². The molecule has 2 unspecified atom stereocenters. The van der Waals surface area contributed by atoms with E-state index >= 15 is 0 Å². The summed E-state index contributed by atoms with van der Waals surface area (Å²) in [5, 5.41) is 4.46. The Bertz CT molecular complexity index is 289. The molecule has 0 bridgehead atoms. The second-order valence-corrected chi connectivity index (χ2v) is 16.8. The van der Waals surface area contributed by atoms with Crippen LogP contribution in [0.5, 0.6) is 0 Å². The fraction of sp³-hybridized carbons (Fsp3) is 0.556. The van der Waals surface area contributed by atoms with Gasteiger partial charge in [-0.2, -0.15) is 0 Å². The Hall–Kier alpha value is 2.46. The standard InChI is InChI=1S/C9H10S4Te2/c1-4-14-8-9(15-5-1)13-7(12-8)6-10-2-3-11-6/h2-3,8-9H,1,4-5H2. The molecular weight excluding hydrogens is 492 g/mol. The van der Waals surface area contributed by atoms with Gasteiger partial charge in [0.15, 0.2) is 0 Å². The summed E-state index contributed by atoms with van der Waals surface area (Å²) in [6, 6.07) is 0. The third-order valence-corrected chi connectivity index (χ3v) is 20.0. The quantitative estimate of drug-likeness (QED) is 0.463. The minimum absolute atomic E-state index is 0.325. The molecule has 3 aliphatic heterocycles. The molecule has 3 rings (SSSR count). The van der Waals surface area contributed by atoms with Crippen LogP contribution in [0.1, 0.15) is 6.42 Å². The van der Waals surface area contributed by atoms with E-state index < -0.39 is 0 Å². The van der Waals surface area contributed by atoms with Gasteiger partial charge in [0.05, 0.1) is 0 Å². The number of thioether (sulfide) groups is 4. The van der Waals surface area contributed by atoms with Gasteiger partial charge in [-0.1, -0.05) is 0 Å². The average Bonchev–Trinajstić information content (AvgIpc) is 2.84. The van der Waals surface area contributed by atoms with E-state index in [0.29, 0.717) is 41.8 Å². The zero-order valence-electron chi connectivity index (χ0n) is 7.88. The van der Waals surface area contributed by atoms with Gasteiger partial charge < -0.3 is 0 Å². The average molecular weight is 502 g/mol. The molecule has 2 saturated heterocycles. The zero-order chi connectivity index (χ0) is 10.1. The van der Waals surface area contributed by atoms with E-state index in [4.69, 9.17) is 0 Å². The summed E-state index contributed by atoms with van der Waals surface area (Å²) in [4.78, 5) is 0. The molecule has 0 aromatic heterocycles. The molecular formula is C9H10S4Te2. The summed E-state index contributed by atoms with van der Waals surface area (Å²) in [6.45, 7) is 0. The molecule has 15 heavy (non-hydrogen) atoms. The van der Waals surface area contributed by atoms with Crippen LogP contribution in [0.3, 0.4) is 0 Å². The van der Waals surface area contributed by atoms with Crippen molar-refractivity contribution < 1.29 is 0 Å². The van der Waals surface area contributed by atoms with Gasteiger partial charge in [-0.25, -0.2) is 0 Å². The van der Waals surface area contributed by atoms with Crippen molar-refractivity contribution in [2.45, 2.75) is 22.0 Å². The summed E-state index contributed by atoms with van der Waals surface area (Å²) in [6.07, 6.45) is 1.58. The van der Waals surface area contributed by atoms with Gasteiger partial charge in [0, 0.05) is 0 Å². The van der Waals surface area contributed by atoms with Crippen molar-refractivity contribution in [3.63, 3.8) is 0 Å². The van der Waals surface area contributed by atoms with Crippen LogP contribution in [-0.4, -0.2) is 48.4 Å². The molecule has 3 aliphatic rings. The number of fused-ring (bicyclic) bond motifs is 1. The third-order valence-electron chi connectivity index (χ3n) is 2.09. The molecule has 82 valence electrons. The van der Waals surface area contributed by atoms with Crippen molar-refractivity contribution in [2.75, 3.05) is 0 Å². The molecule has 0 aromatic rings. The molecule has 0 radical (unpaired) electrons. The fourth-order valence-corrected chi connectivity index (χ4v) is 22.2. The molecule has 0 amide bonds. The molecule has 0 nitrogen and oxygen atoms in total. The monoisotopic (exact) mass is 506 g/mol. The third kappa shape index (κ3) is 3.07. The van der Waals surface area contributed by atoms with E-state index in [2.05, 4.69) is 34.3 Å². The number of rotatable bonds is 0. The van der Waals surface area contributed by atoms with E-state index in [1.807, 2.05) is 23.5 Å². The Morgan fingerprint density at radius 2 is 1.53 bits per heavy atom. The van der Waals surface area contributed by atoms with Gasteiger partial charge in [0.25, 0.3) is 0 Å². The van der Waals surface area contributed by atoms with Crippen molar-refractivity contribution >= 4 is 88.9 Å². The van der Waals surface area contributed by atoms with Gasteiger partial charge in [-0.15, -0.1) is 0 Å². The predicted octanol–water partition coefficient (Wildman–Crippen LogP) is 3.85. The Balaban J connectivity index is 1.74. The predicted molar refractivity (Wildman–Crippen MR) is 79.8 cm³/mol. The second kappa shape index (κ2) is 6.07. The summed E-state index contributed by atoms with van der Waals surface area (Å²) in [5.74, 6) is 0. The van der Waals surface area contributed by atoms with Crippen molar-refractivity contribution in [1.82, 2.24) is 0 Å². The van der Waals surface area contributed by atoms with Gasteiger partial charge >= 0.3 is 130 Å². The Labute approximate surface area is 128 Å². The Morgan fingerprint density at radius 1 is 0.933 bits per heavy atom. The first kappa shape index (κ1) is 12.5. The first-order valence-corrected chi connectivity index (χ1v) is 14.2. The fourth-order valence-electron chi connectivity index (χ4n) is 1.43. The van der Waals surface area contributed by atoms with Crippen LogP contribution in [0, 0.1) is 0 Å². The first-order chi connectivity index (χ1) is 7.43. The van der Waals surface area contributed by atoms with E-state index in [-0.39, 0.29) is 0 Å². The topological polar surface area (TPSA) is 0 Å². The van der Waals surface area contributed by atoms with Crippen LogP contribution in [-0.2, 0) is 0 Å². The molecule has 2 fully saturated rings. The van der Waals surface area contributed by atoms with Crippen LogP contribution >= 0.6 is 47.0 Å². The second-order valence-electron chi connectivity index (χ2n) is 3.15. The van der Waals surface area contributed by atoms with Crippen LogP contribution in [0.2, 0.25) is 8.94 Å². The van der Waals surface area contributed by atoms with Crippen molar-refractivity contribution in [3.05, 3.63) is 19.3 Å². The SMILES string of the molecule is C1=CSC(=C2SC3[Te]CCC[Te]C3S2)S1. The van der Waals surface area contributed by atoms with E-state index in [0.717, 1.165) is 6.60 Å². The van der Waals surface area contributed by atoms with E-state index in [9.17, 15) is 0 Å². The van der Waals surface area contributed by atoms with Gasteiger partial charge in [0.1, 0.15) is 0 Å². The molecule has 0 saturated carbocycles. The summed E-state index contributed by atoms with van der Waals surface area (Å²) in [7, 11) is 0. The van der Waals surface area contributed by atoms with E-state index in [1.54, 1.807) is 23.8 Å². The zero-order valence-corrected chi connectivity index (χ0v) is 15.8.